The third-order valence-corrected chi connectivity index (χ3v) is 7.53. The SMILES string of the molecule is CC(O)C(=O)O.CCOc1ccc2nc3cc(N)ccc3c(N)c2c1.CCOc1ccc2nc3cc(N)ccc3c(N)c2c1CC(O)C(=O)O. The summed E-state index contributed by atoms with van der Waals surface area (Å²) >= 11 is 0. The number of pyridine rings is 2. The highest BCUT2D eigenvalue weighted by molar-refractivity contribution is 6.09. The number of carboxylic acids is 2. The lowest BCUT2D eigenvalue weighted by atomic mass is 9.97. The minimum Gasteiger partial charge on any atom is -0.494 e. The number of hydrogen-bond acceptors (Lipinski definition) is 12. The first-order chi connectivity index (χ1) is 23.7. The van der Waals surface area contributed by atoms with Gasteiger partial charge in [0.05, 0.1) is 46.7 Å². The molecule has 0 saturated heterocycles. The fourth-order valence-corrected chi connectivity index (χ4v) is 5.15. The summed E-state index contributed by atoms with van der Waals surface area (Å²) in [5, 5.41) is 37.8. The molecular formula is C36H40N6O8. The lowest BCUT2D eigenvalue weighted by Gasteiger charge is -2.17. The molecule has 12 N–H and O–H groups in total. The van der Waals surface area contributed by atoms with Crippen molar-refractivity contribution in [1.29, 1.82) is 0 Å². The van der Waals surface area contributed by atoms with E-state index in [2.05, 4.69) is 9.97 Å². The van der Waals surface area contributed by atoms with Gasteiger partial charge in [-0.1, -0.05) is 0 Å². The number of hydrogen-bond donors (Lipinski definition) is 8. The maximum absolute atomic E-state index is 11.1. The highest BCUT2D eigenvalue weighted by Gasteiger charge is 2.21. The molecule has 6 aromatic rings. The number of anilines is 4. The van der Waals surface area contributed by atoms with Crippen molar-refractivity contribution in [2.24, 2.45) is 0 Å². The molecule has 0 bridgehead atoms. The highest BCUT2D eigenvalue weighted by Crippen LogP contribution is 2.37. The maximum atomic E-state index is 11.1. The van der Waals surface area contributed by atoms with E-state index in [4.69, 9.17) is 47.7 Å². The first-order valence-electron chi connectivity index (χ1n) is 15.6. The molecule has 0 amide bonds. The predicted molar refractivity (Wildman–Crippen MR) is 195 cm³/mol. The highest BCUT2D eigenvalue weighted by atomic mass is 16.5. The van der Waals surface area contributed by atoms with Crippen LogP contribution in [0.3, 0.4) is 0 Å². The Balaban J connectivity index is 0.000000198. The molecule has 0 saturated carbocycles. The summed E-state index contributed by atoms with van der Waals surface area (Å²) < 4.78 is 11.1. The fourth-order valence-electron chi connectivity index (χ4n) is 5.15. The van der Waals surface area contributed by atoms with Gasteiger partial charge in [-0.15, -0.1) is 0 Å². The van der Waals surface area contributed by atoms with Crippen LogP contribution < -0.4 is 32.4 Å². The lowest BCUT2D eigenvalue weighted by Crippen LogP contribution is -2.22. The van der Waals surface area contributed by atoms with E-state index in [1.807, 2.05) is 50.2 Å². The van der Waals surface area contributed by atoms with Crippen LogP contribution in [0.4, 0.5) is 22.7 Å². The molecule has 14 heteroatoms. The van der Waals surface area contributed by atoms with Gasteiger partial charge < -0.3 is 52.8 Å². The number of nitrogens with two attached hydrogens (primary N) is 4. The Morgan fingerprint density at radius 1 is 0.680 bits per heavy atom. The largest absolute Gasteiger partial charge is 0.494 e. The predicted octanol–water partition coefficient (Wildman–Crippen LogP) is 4.34. The molecule has 2 aromatic heterocycles. The average molecular weight is 685 g/mol. The number of ether oxygens (including phenoxy) is 2. The van der Waals surface area contributed by atoms with Crippen LogP contribution in [0, 0.1) is 0 Å². The smallest absolute Gasteiger partial charge is 0.332 e. The van der Waals surface area contributed by atoms with Gasteiger partial charge in [-0.2, -0.15) is 0 Å². The molecule has 2 unspecified atom stereocenters. The quantitative estimate of drug-likeness (QED) is 0.0819. The Kier molecular flexibility index (Phi) is 11.6. The van der Waals surface area contributed by atoms with Crippen LogP contribution in [-0.4, -0.2) is 67.8 Å². The number of carbonyl (C=O) groups is 2. The van der Waals surface area contributed by atoms with Gasteiger partial charge in [0.2, 0.25) is 0 Å². The standard InChI is InChI=1S/C18H19N3O4.C15H15N3O.C3H6O3/c1-2-25-15-6-5-12-16(11(15)8-14(22)18(23)24)17(20)10-4-3-9(19)7-13(10)21-12;1-2-19-10-4-6-13-12(8-10)15(17)11-5-3-9(16)7-14(11)18-13;1-2(4)3(5)6/h3-7,14,22H,2,8,19H2,1H3,(H2,20,21)(H,23,24);3-8H,2,16H2,1H3,(H2,17,18);2,4H,1H3,(H,5,6). The number of rotatable bonds is 8. The molecule has 0 fully saturated rings. The van der Waals surface area contributed by atoms with Crippen LogP contribution in [0.5, 0.6) is 11.5 Å². The monoisotopic (exact) mass is 684 g/mol. The molecule has 0 aliphatic carbocycles. The topological polar surface area (TPSA) is 263 Å². The van der Waals surface area contributed by atoms with E-state index in [1.165, 1.54) is 6.92 Å². The number of nitrogen functional groups attached to an aromatic ring is 4. The third kappa shape index (κ3) is 8.29. The number of aromatic nitrogens is 2. The fraction of sp³-hybridized carbons (Fsp3) is 0.222. The average Bonchev–Trinajstić information content (AvgIpc) is 3.06. The molecule has 2 atom stereocenters. The number of nitrogens with zero attached hydrogens (tertiary/aromatic N) is 2. The first kappa shape index (κ1) is 36.7. The molecular weight excluding hydrogens is 644 g/mol. The Morgan fingerprint density at radius 3 is 1.76 bits per heavy atom. The Bertz CT molecular complexity index is 2190. The summed E-state index contributed by atoms with van der Waals surface area (Å²) in [7, 11) is 0. The Hall–Kier alpha value is -6.12. The van der Waals surface area contributed by atoms with Gasteiger partial charge in [0.15, 0.2) is 6.10 Å². The number of aliphatic hydroxyl groups is 2. The van der Waals surface area contributed by atoms with Crippen LogP contribution in [0.1, 0.15) is 26.3 Å². The number of carboxylic acid groups (broad SMARTS) is 2. The molecule has 262 valence electrons. The number of benzene rings is 4. The van der Waals surface area contributed by atoms with E-state index in [1.54, 1.807) is 30.3 Å². The van der Waals surface area contributed by atoms with Gasteiger partial charge in [-0.25, -0.2) is 19.6 Å². The van der Waals surface area contributed by atoms with Crippen molar-refractivity contribution in [1.82, 2.24) is 9.97 Å². The zero-order valence-electron chi connectivity index (χ0n) is 27.8. The summed E-state index contributed by atoms with van der Waals surface area (Å²) in [6, 6.07) is 20.0. The first-order valence-corrected chi connectivity index (χ1v) is 15.6. The van der Waals surface area contributed by atoms with Gasteiger partial charge in [0, 0.05) is 44.9 Å². The summed E-state index contributed by atoms with van der Waals surface area (Å²) in [5.74, 6) is -1.20. The van der Waals surface area contributed by atoms with E-state index < -0.39 is 24.1 Å². The second-order valence-corrected chi connectivity index (χ2v) is 11.2. The molecule has 0 radical (unpaired) electrons. The van der Waals surface area contributed by atoms with Crippen LogP contribution >= 0.6 is 0 Å². The van der Waals surface area contributed by atoms with Crippen molar-refractivity contribution in [3.8, 4) is 11.5 Å². The molecule has 6 rings (SSSR count). The number of aliphatic hydroxyl groups excluding tert-OH is 2. The van der Waals surface area contributed by atoms with E-state index in [9.17, 15) is 14.7 Å². The second kappa shape index (κ2) is 15.9. The van der Waals surface area contributed by atoms with Gasteiger partial charge >= 0.3 is 11.9 Å². The molecule has 0 spiro atoms. The summed E-state index contributed by atoms with van der Waals surface area (Å²) in [4.78, 5) is 29.7. The van der Waals surface area contributed by atoms with Crippen LogP contribution in [0.15, 0.2) is 66.7 Å². The normalized spacial score (nSPS) is 12.0. The minimum atomic E-state index is -1.56. The van der Waals surface area contributed by atoms with E-state index in [-0.39, 0.29) is 6.42 Å². The zero-order chi connectivity index (χ0) is 36.7. The lowest BCUT2D eigenvalue weighted by molar-refractivity contribution is -0.146. The van der Waals surface area contributed by atoms with Gasteiger partial charge in [0.25, 0.3) is 0 Å². The van der Waals surface area contributed by atoms with Crippen molar-refractivity contribution in [3.63, 3.8) is 0 Å². The molecule has 0 aliphatic heterocycles. The van der Waals surface area contributed by atoms with Crippen molar-refractivity contribution in [2.75, 3.05) is 36.1 Å². The Labute approximate surface area is 286 Å². The molecule has 50 heavy (non-hydrogen) atoms. The van der Waals surface area contributed by atoms with Gasteiger partial charge in [0.1, 0.15) is 17.6 Å². The van der Waals surface area contributed by atoms with Crippen LogP contribution in [0.2, 0.25) is 0 Å². The van der Waals surface area contributed by atoms with Gasteiger partial charge in [-0.3, -0.25) is 0 Å². The van der Waals surface area contributed by atoms with Crippen LogP contribution in [-0.2, 0) is 16.0 Å². The number of aliphatic carboxylic acids is 2. The summed E-state index contributed by atoms with van der Waals surface area (Å²) in [6.07, 6.45) is -2.93. The summed E-state index contributed by atoms with van der Waals surface area (Å²) in [6.45, 7) is 6.01. The van der Waals surface area contributed by atoms with Crippen molar-refractivity contribution in [2.45, 2.75) is 39.4 Å². The second-order valence-electron chi connectivity index (χ2n) is 11.2. The van der Waals surface area contributed by atoms with Crippen LogP contribution in [0.25, 0.3) is 43.6 Å². The molecule has 14 nitrogen and oxygen atoms in total. The zero-order valence-corrected chi connectivity index (χ0v) is 27.8. The van der Waals surface area contributed by atoms with Gasteiger partial charge in [-0.05, 0) is 87.5 Å². The van der Waals surface area contributed by atoms with Crippen molar-refractivity contribution >= 4 is 78.3 Å². The minimum absolute atomic E-state index is 0.131. The molecule has 4 aromatic carbocycles. The number of fused-ring (bicyclic) bond motifs is 4. The Morgan fingerprint density at radius 2 is 1.22 bits per heavy atom. The third-order valence-electron chi connectivity index (χ3n) is 7.53. The van der Waals surface area contributed by atoms with E-state index in [0.29, 0.717) is 69.1 Å². The van der Waals surface area contributed by atoms with Crippen molar-refractivity contribution < 1.29 is 39.5 Å². The molecule has 0 aliphatic rings. The van der Waals surface area contributed by atoms with E-state index in [0.717, 1.165) is 27.6 Å². The molecule has 2 heterocycles. The summed E-state index contributed by atoms with van der Waals surface area (Å²) in [5.41, 5.74) is 30.0. The van der Waals surface area contributed by atoms with Crippen molar-refractivity contribution in [3.05, 3.63) is 72.3 Å². The maximum Gasteiger partial charge on any atom is 0.332 e. The van der Waals surface area contributed by atoms with E-state index >= 15 is 0 Å².